The predicted octanol–water partition coefficient (Wildman–Crippen LogP) is 0.803. The Hall–Kier alpha value is -2.11. The van der Waals surface area contributed by atoms with Crippen LogP contribution in [0.3, 0.4) is 0 Å². The molecule has 1 unspecified atom stereocenters. The molecule has 2 N–H and O–H groups in total. The maximum atomic E-state index is 11.6. The van der Waals surface area contributed by atoms with E-state index in [1.807, 2.05) is 6.92 Å². The van der Waals surface area contributed by atoms with E-state index in [0.717, 1.165) is 5.56 Å². The molecule has 0 aliphatic carbocycles. The van der Waals surface area contributed by atoms with Crippen LogP contribution < -0.4 is 5.32 Å². The van der Waals surface area contributed by atoms with Crippen LogP contribution in [0.1, 0.15) is 25.3 Å². The van der Waals surface area contributed by atoms with Crippen molar-refractivity contribution >= 4 is 18.0 Å². The largest absolute Gasteiger partial charge is 0.481 e. The van der Waals surface area contributed by atoms with Crippen molar-refractivity contribution < 1.29 is 14.7 Å². The van der Waals surface area contributed by atoms with Crippen LogP contribution >= 0.6 is 0 Å². The number of aromatic nitrogens is 2. The van der Waals surface area contributed by atoms with Gasteiger partial charge < -0.3 is 10.4 Å². The maximum Gasteiger partial charge on any atom is 0.305 e. The minimum Gasteiger partial charge on any atom is -0.481 e. The molecule has 1 aromatic heterocycles. The number of aryl methyl sites for hydroxylation is 1. The van der Waals surface area contributed by atoms with Gasteiger partial charge >= 0.3 is 5.97 Å². The Morgan fingerprint density at radius 1 is 1.61 bits per heavy atom. The van der Waals surface area contributed by atoms with Crippen LogP contribution in [-0.4, -0.2) is 32.8 Å². The van der Waals surface area contributed by atoms with Gasteiger partial charge in [-0.3, -0.25) is 14.3 Å². The van der Waals surface area contributed by atoms with E-state index in [0.29, 0.717) is 6.42 Å². The van der Waals surface area contributed by atoms with Crippen LogP contribution in [0.15, 0.2) is 18.5 Å². The molecule has 6 nitrogen and oxygen atoms in total. The van der Waals surface area contributed by atoms with Gasteiger partial charge in [-0.2, -0.15) is 5.10 Å². The van der Waals surface area contributed by atoms with Crippen molar-refractivity contribution in [1.82, 2.24) is 15.1 Å². The van der Waals surface area contributed by atoms with E-state index in [-0.39, 0.29) is 18.4 Å². The molecule has 0 aliphatic rings. The number of rotatable bonds is 6. The number of hydrogen-bond acceptors (Lipinski definition) is 3. The van der Waals surface area contributed by atoms with Crippen molar-refractivity contribution in [2.24, 2.45) is 7.05 Å². The van der Waals surface area contributed by atoms with E-state index < -0.39 is 5.97 Å². The second-order valence-electron chi connectivity index (χ2n) is 3.99. The second-order valence-corrected chi connectivity index (χ2v) is 3.99. The third-order valence-corrected chi connectivity index (χ3v) is 2.41. The Kier molecular flexibility index (Phi) is 5.10. The van der Waals surface area contributed by atoms with Gasteiger partial charge in [0.2, 0.25) is 5.91 Å². The first kappa shape index (κ1) is 14.0. The molecular formula is C12H17N3O3. The van der Waals surface area contributed by atoms with E-state index >= 15 is 0 Å². The fourth-order valence-electron chi connectivity index (χ4n) is 1.46. The summed E-state index contributed by atoms with van der Waals surface area (Å²) in [5.74, 6) is -1.22. The summed E-state index contributed by atoms with van der Waals surface area (Å²) in [4.78, 5) is 22.1. The molecule has 6 heteroatoms. The summed E-state index contributed by atoms with van der Waals surface area (Å²) in [7, 11) is 1.79. The Morgan fingerprint density at radius 3 is 2.83 bits per heavy atom. The molecule has 1 amide bonds. The molecule has 0 fully saturated rings. The predicted molar refractivity (Wildman–Crippen MR) is 66.7 cm³/mol. The SMILES string of the molecule is CCC(CC(=O)O)NC(=O)/C=C/c1cnn(C)c1. The van der Waals surface area contributed by atoms with Crippen LogP contribution in [0.2, 0.25) is 0 Å². The van der Waals surface area contributed by atoms with Crippen molar-refractivity contribution in [3.63, 3.8) is 0 Å². The molecule has 18 heavy (non-hydrogen) atoms. The van der Waals surface area contributed by atoms with Gasteiger partial charge in [0.05, 0.1) is 12.6 Å². The van der Waals surface area contributed by atoms with Gasteiger partial charge in [-0.25, -0.2) is 0 Å². The third kappa shape index (κ3) is 4.82. The Balaban J connectivity index is 2.49. The van der Waals surface area contributed by atoms with Gasteiger partial charge in [0.15, 0.2) is 0 Å². The van der Waals surface area contributed by atoms with Crippen molar-refractivity contribution in [1.29, 1.82) is 0 Å². The molecule has 0 spiro atoms. The summed E-state index contributed by atoms with van der Waals surface area (Å²) >= 11 is 0. The Morgan fingerprint density at radius 2 is 2.33 bits per heavy atom. The van der Waals surface area contributed by atoms with E-state index in [1.54, 1.807) is 30.2 Å². The summed E-state index contributed by atoms with van der Waals surface area (Å²) in [6, 6.07) is -0.339. The highest BCUT2D eigenvalue weighted by Gasteiger charge is 2.12. The minimum atomic E-state index is -0.918. The summed E-state index contributed by atoms with van der Waals surface area (Å²) in [6.07, 6.45) is 6.94. The second kappa shape index (κ2) is 6.58. The van der Waals surface area contributed by atoms with Crippen molar-refractivity contribution in [2.45, 2.75) is 25.8 Å². The highest BCUT2D eigenvalue weighted by molar-refractivity contribution is 5.92. The molecule has 0 radical (unpaired) electrons. The first-order valence-electron chi connectivity index (χ1n) is 5.70. The zero-order valence-corrected chi connectivity index (χ0v) is 10.5. The molecule has 98 valence electrons. The smallest absolute Gasteiger partial charge is 0.305 e. The van der Waals surface area contributed by atoms with Crippen molar-refractivity contribution in [3.8, 4) is 0 Å². The molecule has 1 atom stereocenters. The summed E-state index contributed by atoms with van der Waals surface area (Å²) in [5, 5.41) is 15.3. The number of hydrogen-bond donors (Lipinski definition) is 2. The van der Waals surface area contributed by atoms with E-state index in [1.165, 1.54) is 6.08 Å². The van der Waals surface area contributed by atoms with Crippen LogP contribution in [-0.2, 0) is 16.6 Å². The molecular weight excluding hydrogens is 234 g/mol. The normalized spacial score (nSPS) is 12.6. The highest BCUT2D eigenvalue weighted by Crippen LogP contribution is 2.01. The molecule has 0 saturated carbocycles. The number of carbonyl (C=O) groups is 2. The van der Waals surface area contributed by atoms with Crippen LogP contribution in [0.5, 0.6) is 0 Å². The summed E-state index contributed by atoms with van der Waals surface area (Å²) in [5.41, 5.74) is 0.818. The number of nitrogens with zero attached hydrogens (tertiary/aromatic N) is 2. The average Bonchev–Trinajstić information content (AvgIpc) is 2.71. The number of carboxylic acids is 1. The fourth-order valence-corrected chi connectivity index (χ4v) is 1.46. The first-order valence-corrected chi connectivity index (χ1v) is 5.70. The number of aliphatic carboxylic acids is 1. The van der Waals surface area contributed by atoms with Crippen LogP contribution in [0.4, 0.5) is 0 Å². The molecule has 1 aromatic rings. The lowest BCUT2D eigenvalue weighted by Gasteiger charge is -2.12. The lowest BCUT2D eigenvalue weighted by atomic mass is 10.1. The van der Waals surface area contributed by atoms with Gasteiger partial charge in [0.25, 0.3) is 0 Å². The number of carboxylic acid groups (broad SMARTS) is 1. The zero-order valence-electron chi connectivity index (χ0n) is 10.5. The standard InChI is InChI=1S/C12H17N3O3/c1-3-10(6-12(17)18)14-11(16)5-4-9-7-13-15(2)8-9/h4-5,7-8,10H,3,6H2,1-2H3,(H,14,16)(H,17,18)/b5-4+. The third-order valence-electron chi connectivity index (χ3n) is 2.41. The molecule has 0 saturated heterocycles. The lowest BCUT2D eigenvalue weighted by Crippen LogP contribution is -2.34. The minimum absolute atomic E-state index is 0.0665. The molecule has 1 rings (SSSR count). The first-order chi connectivity index (χ1) is 8.51. The van der Waals surface area contributed by atoms with E-state index in [2.05, 4.69) is 10.4 Å². The Labute approximate surface area is 105 Å². The molecule has 1 heterocycles. The quantitative estimate of drug-likeness (QED) is 0.732. The lowest BCUT2D eigenvalue weighted by molar-refractivity contribution is -0.137. The average molecular weight is 251 g/mol. The van der Waals surface area contributed by atoms with Gasteiger partial charge in [0.1, 0.15) is 0 Å². The van der Waals surface area contributed by atoms with Gasteiger partial charge in [0, 0.05) is 30.9 Å². The summed E-state index contributed by atoms with van der Waals surface area (Å²) in [6.45, 7) is 1.83. The van der Waals surface area contributed by atoms with E-state index in [9.17, 15) is 9.59 Å². The number of amides is 1. The number of carbonyl (C=O) groups excluding carboxylic acids is 1. The highest BCUT2D eigenvalue weighted by atomic mass is 16.4. The fraction of sp³-hybridized carbons (Fsp3) is 0.417. The monoisotopic (exact) mass is 251 g/mol. The van der Waals surface area contributed by atoms with Gasteiger partial charge in [-0.15, -0.1) is 0 Å². The van der Waals surface area contributed by atoms with E-state index in [4.69, 9.17) is 5.11 Å². The zero-order chi connectivity index (χ0) is 13.5. The Bertz CT molecular complexity index is 451. The van der Waals surface area contributed by atoms with Crippen LogP contribution in [0.25, 0.3) is 6.08 Å². The van der Waals surface area contributed by atoms with Gasteiger partial charge in [-0.1, -0.05) is 6.92 Å². The van der Waals surface area contributed by atoms with Gasteiger partial charge in [-0.05, 0) is 12.5 Å². The summed E-state index contributed by atoms with van der Waals surface area (Å²) < 4.78 is 1.64. The van der Waals surface area contributed by atoms with Crippen LogP contribution in [0, 0.1) is 0 Å². The molecule has 0 aliphatic heterocycles. The molecule has 0 bridgehead atoms. The van der Waals surface area contributed by atoms with Crippen molar-refractivity contribution in [2.75, 3.05) is 0 Å². The maximum absolute atomic E-state index is 11.6. The topological polar surface area (TPSA) is 84.2 Å². The molecule has 0 aromatic carbocycles. The van der Waals surface area contributed by atoms with Crippen molar-refractivity contribution in [3.05, 3.63) is 24.0 Å². The number of nitrogens with one attached hydrogen (secondary N) is 1.